The molecule has 2 N–H and O–H groups in total. The van der Waals surface area contributed by atoms with Gasteiger partial charge in [0.05, 0.1) is 7.11 Å². The summed E-state index contributed by atoms with van der Waals surface area (Å²) in [5, 5.41) is 5.14. The van der Waals surface area contributed by atoms with E-state index in [4.69, 9.17) is 18.9 Å². The lowest BCUT2D eigenvalue weighted by Gasteiger charge is -2.20. The van der Waals surface area contributed by atoms with Crippen LogP contribution in [0.5, 0.6) is 17.2 Å². The molecule has 0 saturated heterocycles. The minimum absolute atomic E-state index is 0.293. The van der Waals surface area contributed by atoms with E-state index in [1.54, 1.807) is 19.1 Å². The second kappa shape index (κ2) is 10.9. The molecule has 1 heterocycles. The van der Waals surface area contributed by atoms with Crippen molar-refractivity contribution >= 4 is 23.9 Å². The van der Waals surface area contributed by atoms with Crippen LogP contribution in [0.1, 0.15) is 25.8 Å². The number of hydrogen-bond acceptors (Lipinski definition) is 7. The third-order valence-corrected chi connectivity index (χ3v) is 3.93. The monoisotopic (exact) mass is 406 g/mol. The lowest BCUT2D eigenvalue weighted by Crippen LogP contribution is -2.46. The van der Waals surface area contributed by atoms with Gasteiger partial charge in [-0.05, 0) is 37.1 Å². The number of nitrogens with one attached hydrogen (secondary N) is 2. The van der Waals surface area contributed by atoms with Crippen LogP contribution in [-0.2, 0) is 19.1 Å². The van der Waals surface area contributed by atoms with Crippen molar-refractivity contribution in [3.05, 3.63) is 23.8 Å². The van der Waals surface area contributed by atoms with Gasteiger partial charge >= 0.3 is 5.97 Å². The SMILES string of the molecule is CCCNC(=O)[C@@H](C)NC(=O)COC(=O)/C=C/c1cc(OC)c2c(c1)OCCO2. The predicted octanol–water partition coefficient (Wildman–Crippen LogP) is 1.05. The highest BCUT2D eigenvalue weighted by molar-refractivity contribution is 5.91. The average molecular weight is 406 g/mol. The molecule has 0 aliphatic carbocycles. The first-order valence-electron chi connectivity index (χ1n) is 9.34. The van der Waals surface area contributed by atoms with E-state index < -0.39 is 24.5 Å². The average Bonchev–Trinajstić information content (AvgIpc) is 2.73. The van der Waals surface area contributed by atoms with Crippen molar-refractivity contribution in [2.24, 2.45) is 0 Å². The highest BCUT2D eigenvalue weighted by Crippen LogP contribution is 2.40. The lowest BCUT2D eigenvalue weighted by atomic mass is 10.1. The molecule has 0 bridgehead atoms. The summed E-state index contributed by atoms with van der Waals surface area (Å²) < 4.78 is 21.2. The molecule has 0 spiro atoms. The van der Waals surface area contributed by atoms with Gasteiger partial charge in [0.15, 0.2) is 18.1 Å². The largest absolute Gasteiger partial charge is 0.493 e. The van der Waals surface area contributed by atoms with Gasteiger partial charge in [-0.15, -0.1) is 0 Å². The molecule has 2 rings (SSSR count). The van der Waals surface area contributed by atoms with Crippen LogP contribution in [0.3, 0.4) is 0 Å². The van der Waals surface area contributed by atoms with Crippen molar-refractivity contribution in [1.82, 2.24) is 10.6 Å². The Hall–Kier alpha value is -3.23. The molecule has 1 aromatic carbocycles. The van der Waals surface area contributed by atoms with Crippen LogP contribution in [0.4, 0.5) is 0 Å². The number of fused-ring (bicyclic) bond motifs is 1. The molecular weight excluding hydrogens is 380 g/mol. The van der Waals surface area contributed by atoms with Gasteiger partial charge in [0.2, 0.25) is 11.7 Å². The molecule has 9 nitrogen and oxygen atoms in total. The van der Waals surface area contributed by atoms with Crippen molar-refractivity contribution in [1.29, 1.82) is 0 Å². The molecule has 0 saturated carbocycles. The van der Waals surface area contributed by atoms with E-state index >= 15 is 0 Å². The fourth-order valence-electron chi connectivity index (χ4n) is 2.49. The second-order valence-electron chi connectivity index (χ2n) is 6.27. The van der Waals surface area contributed by atoms with Crippen molar-refractivity contribution in [3.8, 4) is 17.2 Å². The summed E-state index contributed by atoms with van der Waals surface area (Å²) in [6.07, 6.45) is 3.50. The number of methoxy groups -OCH3 is 1. The van der Waals surface area contributed by atoms with Gasteiger partial charge < -0.3 is 29.6 Å². The van der Waals surface area contributed by atoms with E-state index in [0.717, 1.165) is 6.42 Å². The first kappa shape index (κ1) is 22.1. The number of benzene rings is 1. The van der Waals surface area contributed by atoms with Gasteiger partial charge in [0.1, 0.15) is 19.3 Å². The Labute approximate surface area is 169 Å². The van der Waals surface area contributed by atoms with Gasteiger partial charge in [-0.25, -0.2) is 4.79 Å². The van der Waals surface area contributed by atoms with Gasteiger partial charge in [-0.1, -0.05) is 6.92 Å². The lowest BCUT2D eigenvalue weighted by molar-refractivity contribution is -0.144. The quantitative estimate of drug-likeness (QED) is 0.466. The van der Waals surface area contributed by atoms with Crippen LogP contribution in [0, 0.1) is 0 Å². The Morgan fingerprint density at radius 3 is 2.72 bits per heavy atom. The van der Waals surface area contributed by atoms with Crippen LogP contribution >= 0.6 is 0 Å². The van der Waals surface area contributed by atoms with Crippen molar-refractivity contribution in [3.63, 3.8) is 0 Å². The maximum absolute atomic E-state index is 11.9. The minimum atomic E-state index is -0.714. The molecule has 9 heteroatoms. The summed E-state index contributed by atoms with van der Waals surface area (Å²) in [4.78, 5) is 35.4. The van der Waals surface area contributed by atoms with Crippen LogP contribution in [0.25, 0.3) is 6.08 Å². The van der Waals surface area contributed by atoms with Crippen molar-refractivity contribution in [2.45, 2.75) is 26.3 Å². The maximum Gasteiger partial charge on any atom is 0.331 e. The number of amides is 2. The summed E-state index contributed by atoms with van der Waals surface area (Å²) in [5.74, 6) is -0.0153. The molecule has 1 aromatic rings. The van der Waals surface area contributed by atoms with Gasteiger partial charge in [-0.2, -0.15) is 0 Å². The van der Waals surface area contributed by atoms with Crippen LogP contribution < -0.4 is 24.8 Å². The summed E-state index contributed by atoms with van der Waals surface area (Å²) in [6, 6.07) is 2.69. The smallest absolute Gasteiger partial charge is 0.331 e. The fraction of sp³-hybridized carbons (Fsp3) is 0.450. The number of hydrogen-bond donors (Lipinski definition) is 2. The number of carbonyl (C=O) groups excluding carboxylic acids is 3. The highest BCUT2D eigenvalue weighted by Gasteiger charge is 2.18. The Kier molecular flexibility index (Phi) is 8.32. The maximum atomic E-state index is 11.9. The Morgan fingerprint density at radius 2 is 2.00 bits per heavy atom. The van der Waals surface area contributed by atoms with Gasteiger partial charge in [0.25, 0.3) is 5.91 Å². The van der Waals surface area contributed by atoms with Crippen LogP contribution in [-0.4, -0.2) is 57.3 Å². The van der Waals surface area contributed by atoms with Gasteiger partial charge in [-0.3, -0.25) is 9.59 Å². The summed E-state index contributed by atoms with van der Waals surface area (Å²) in [6.45, 7) is 4.39. The molecule has 0 radical (unpaired) electrons. The number of ether oxygens (including phenoxy) is 4. The Bertz CT molecular complexity index is 759. The van der Waals surface area contributed by atoms with E-state index in [-0.39, 0.29) is 5.91 Å². The number of esters is 1. The zero-order valence-corrected chi connectivity index (χ0v) is 16.8. The Morgan fingerprint density at radius 1 is 1.24 bits per heavy atom. The predicted molar refractivity (Wildman–Crippen MR) is 105 cm³/mol. The molecule has 1 aliphatic rings. The van der Waals surface area contributed by atoms with E-state index in [9.17, 15) is 14.4 Å². The normalized spacial score (nSPS) is 13.5. The standard InChI is InChI=1S/C20H26N2O7/c1-4-7-21-20(25)13(2)22-17(23)12-29-18(24)6-5-14-10-15(26-3)19-16(11-14)27-8-9-28-19/h5-6,10-11,13H,4,7-9,12H2,1-3H3,(H,21,25)(H,22,23)/b6-5+/t13-/m1/s1. The summed E-state index contributed by atoms with van der Waals surface area (Å²) in [5.41, 5.74) is 0.647. The molecular formula is C20H26N2O7. The molecule has 0 aromatic heterocycles. The molecule has 1 aliphatic heterocycles. The van der Waals surface area contributed by atoms with Gasteiger partial charge in [0, 0.05) is 12.6 Å². The minimum Gasteiger partial charge on any atom is -0.493 e. The highest BCUT2D eigenvalue weighted by atomic mass is 16.6. The van der Waals surface area contributed by atoms with E-state index in [1.807, 2.05) is 6.92 Å². The third kappa shape index (κ3) is 6.70. The zero-order chi connectivity index (χ0) is 21.2. The second-order valence-corrected chi connectivity index (χ2v) is 6.27. The first-order valence-corrected chi connectivity index (χ1v) is 9.34. The summed E-state index contributed by atoms with van der Waals surface area (Å²) >= 11 is 0. The summed E-state index contributed by atoms with van der Waals surface area (Å²) in [7, 11) is 1.51. The molecule has 158 valence electrons. The molecule has 0 unspecified atom stereocenters. The third-order valence-electron chi connectivity index (χ3n) is 3.93. The molecule has 1 atom stereocenters. The fourth-order valence-corrected chi connectivity index (χ4v) is 2.49. The van der Waals surface area contributed by atoms with E-state index in [0.29, 0.717) is 42.6 Å². The molecule has 0 fully saturated rings. The van der Waals surface area contributed by atoms with E-state index in [2.05, 4.69) is 10.6 Å². The van der Waals surface area contributed by atoms with E-state index in [1.165, 1.54) is 19.3 Å². The van der Waals surface area contributed by atoms with Crippen LogP contribution in [0.2, 0.25) is 0 Å². The van der Waals surface area contributed by atoms with Crippen LogP contribution in [0.15, 0.2) is 18.2 Å². The first-order chi connectivity index (χ1) is 13.9. The van der Waals surface area contributed by atoms with Crippen molar-refractivity contribution < 1.29 is 33.3 Å². The topological polar surface area (TPSA) is 112 Å². The Balaban J connectivity index is 1.85. The molecule has 29 heavy (non-hydrogen) atoms. The van der Waals surface area contributed by atoms with Crippen molar-refractivity contribution in [2.75, 3.05) is 33.5 Å². The zero-order valence-electron chi connectivity index (χ0n) is 16.8. The number of rotatable bonds is 9. The number of carbonyl (C=O) groups is 3. The molecule has 2 amide bonds.